The van der Waals surface area contributed by atoms with Gasteiger partial charge in [-0.25, -0.2) is 15.1 Å². The Hall–Kier alpha value is -3.19. The maximum atomic E-state index is 13.8. The molecule has 4 fully saturated rings. The molecule has 1 aliphatic heterocycles. The highest BCUT2D eigenvalue weighted by Gasteiger charge is 2.68. The number of unbranched alkanes of at least 4 members (excludes halogenated alkanes) is 4. The molecular weight excluding hydrogens is 611 g/mol. The monoisotopic (exact) mass is 668 g/mol. The Morgan fingerprint density at radius 2 is 1.77 bits per heavy atom. The Morgan fingerprint density at radius 1 is 1.06 bits per heavy atom. The molecule has 0 unspecified atom stereocenters. The van der Waals surface area contributed by atoms with Gasteiger partial charge in [0.15, 0.2) is 5.03 Å². The van der Waals surface area contributed by atoms with Gasteiger partial charge in [0.2, 0.25) is 11.8 Å². The Bertz CT molecular complexity index is 1270. The van der Waals surface area contributed by atoms with Crippen molar-refractivity contribution in [3.05, 3.63) is 46.0 Å². The number of rotatable bonds is 19. The number of carbonyl (C=O) groups is 2. The number of guanidine groups is 1. The standard InChI is InChI=1S/C35H57BN6O6/c1-24(2)21-30(36-47-29-23-26-22-28(34(26,3)4)35(29,5)48-36)40-32(44)27(18-14-20-38-33(37)41-42(45)46)39-31(43)19-13-8-6-7-10-15-25-16-11-9-12-17-25/h9,11-12,16-17,24,26-30H,6-8,10,13-15,18-23H2,1-5H3,(H,39,43)(H,40,44)(H3,37,38,41)/t26-,27+,28-,29-,30+,35+/m1/s1. The third-order valence-corrected chi connectivity index (χ3v) is 10.9. The van der Waals surface area contributed by atoms with E-state index in [9.17, 15) is 19.7 Å². The molecule has 3 aliphatic carbocycles. The van der Waals surface area contributed by atoms with Crippen molar-refractivity contribution < 1.29 is 23.9 Å². The zero-order valence-corrected chi connectivity index (χ0v) is 29.5. The molecule has 4 aliphatic rings. The first-order valence-electron chi connectivity index (χ1n) is 18.0. The first kappa shape index (κ1) is 37.6. The molecule has 1 aromatic rings. The normalized spacial score (nSPS) is 25.5. The zero-order chi connectivity index (χ0) is 34.9. The number of nitrogens with two attached hydrogens (primary N) is 1. The second-order valence-electron chi connectivity index (χ2n) is 15.2. The Balaban J connectivity index is 1.32. The van der Waals surface area contributed by atoms with Gasteiger partial charge in [-0.05, 0) is 87.0 Å². The second kappa shape index (κ2) is 17.0. The van der Waals surface area contributed by atoms with Gasteiger partial charge in [-0.15, -0.1) is 0 Å². The van der Waals surface area contributed by atoms with E-state index in [0.29, 0.717) is 37.5 Å². The lowest BCUT2D eigenvalue weighted by atomic mass is 9.43. The molecule has 13 heteroatoms. The van der Waals surface area contributed by atoms with Gasteiger partial charge in [-0.3, -0.25) is 9.59 Å². The van der Waals surface area contributed by atoms with Gasteiger partial charge in [0, 0.05) is 13.0 Å². The van der Waals surface area contributed by atoms with Crippen LogP contribution in [0.2, 0.25) is 0 Å². The lowest BCUT2D eigenvalue weighted by molar-refractivity contribution is -0.525. The minimum atomic E-state index is -0.802. The van der Waals surface area contributed by atoms with Crippen LogP contribution in [0.15, 0.2) is 35.3 Å². The van der Waals surface area contributed by atoms with Crippen LogP contribution in [0.25, 0.3) is 0 Å². The molecular formula is C35H57BN6O6. The molecule has 266 valence electrons. The third kappa shape index (κ3) is 9.93. The maximum absolute atomic E-state index is 13.8. The summed E-state index contributed by atoms with van der Waals surface area (Å²) in [4.78, 5) is 41.5. The third-order valence-electron chi connectivity index (χ3n) is 10.9. The van der Waals surface area contributed by atoms with Crippen LogP contribution in [0, 0.1) is 33.3 Å². The van der Waals surface area contributed by atoms with Crippen LogP contribution < -0.4 is 21.8 Å². The molecule has 0 spiro atoms. The number of aliphatic imine (C=N–C) groups is 1. The maximum Gasteiger partial charge on any atom is 0.481 e. The molecule has 5 N–H and O–H groups in total. The van der Waals surface area contributed by atoms with Crippen LogP contribution in [-0.2, 0) is 25.3 Å². The highest BCUT2D eigenvalue weighted by molar-refractivity contribution is 6.48. The second-order valence-corrected chi connectivity index (χ2v) is 15.2. The van der Waals surface area contributed by atoms with Crippen molar-refractivity contribution >= 4 is 24.9 Å². The number of nitro groups is 1. The number of nitrogens with one attached hydrogen (secondary N) is 3. The van der Waals surface area contributed by atoms with E-state index in [2.05, 4.69) is 74.5 Å². The van der Waals surface area contributed by atoms with Crippen molar-refractivity contribution in [3.8, 4) is 0 Å². The summed E-state index contributed by atoms with van der Waals surface area (Å²) in [7, 11) is -0.572. The summed E-state index contributed by atoms with van der Waals surface area (Å²) < 4.78 is 13.3. The first-order valence-corrected chi connectivity index (χ1v) is 18.0. The van der Waals surface area contributed by atoms with E-state index in [1.165, 1.54) is 5.56 Å². The number of hydrogen-bond donors (Lipinski definition) is 4. The molecule has 0 radical (unpaired) electrons. The van der Waals surface area contributed by atoms with Gasteiger partial charge >= 0.3 is 7.12 Å². The molecule has 6 atom stereocenters. The van der Waals surface area contributed by atoms with Gasteiger partial charge < -0.3 is 25.7 Å². The van der Waals surface area contributed by atoms with Gasteiger partial charge in [-0.1, -0.05) is 82.7 Å². The fraction of sp³-hybridized carbons (Fsp3) is 0.743. The SMILES string of the molecule is CC(C)C[C@H](NC(=O)[C@H](CCCN=C(N)N[N+](=O)[O-])NC(=O)CCCCCCCc1ccccc1)B1O[C@@H]2C[C@H]3C[C@H](C3(C)C)[C@]2(C)O1. The summed E-state index contributed by atoms with van der Waals surface area (Å²) in [5.41, 5.74) is 8.53. The van der Waals surface area contributed by atoms with Crippen LogP contribution >= 0.6 is 0 Å². The van der Waals surface area contributed by atoms with Crippen molar-refractivity contribution in [3.63, 3.8) is 0 Å². The number of aryl methyl sites for hydroxylation is 1. The van der Waals surface area contributed by atoms with E-state index in [4.69, 9.17) is 15.0 Å². The molecule has 3 saturated carbocycles. The molecule has 2 amide bonds. The molecule has 1 heterocycles. The molecule has 48 heavy (non-hydrogen) atoms. The van der Waals surface area contributed by atoms with Gasteiger partial charge in [-0.2, -0.15) is 0 Å². The Labute approximate surface area is 286 Å². The zero-order valence-electron chi connectivity index (χ0n) is 29.5. The summed E-state index contributed by atoms with van der Waals surface area (Å²) in [6, 6.07) is 9.65. The summed E-state index contributed by atoms with van der Waals surface area (Å²) in [6.07, 6.45) is 9.82. The molecule has 1 saturated heterocycles. The van der Waals surface area contributed by atoms with Gasteiger partial charge in [0.25, 0.3) is 5.96 Å². The summed E-state index contributed by atoms with van der Waals surface area (Å²) in [5, 5.41) is 16.0. The highest BCUT2D eigenvalue weighted by atomic mass is 16.7. The van der Waals surface area contributed by atoms with E-state index in [-0.39, 0.29) is 47.7 Å². The van der Waals surface area contributed by atoms with Crippen LogP contribution in [0.4, 0.5) is 0 Å². The number of benzene rings is 1. The summed E-state index contributed by atoms with van der Waals surface area (Å²) in [6.45, 7) is 11.2. The molecule has 1 aromatic carbocycles. The van der Waals surface area contributed by atoms with Crippen molar-refractivity contribution in [2.24, 2.45) is 33.9 Å². The van der Waals surface area contributed by atoms with Gasteiger partial charge in [0.05, 0.1) is 17.6 Å². The van der Waals surface area contributed by atoms with Gasteiger partial charge in [0.1, 0.15) is 6.04 Å². The van der Waals surface area contributed by atoms with Crippen molar-refractivity contribution in [1.29, 1.82) is 0 Å². The predicted octanol–water partition coefficient (Wildman–Crippen LogP) is 4.73. The van der Waals surface area contributed by atoms with E-state index in [0.717, 1.165) is 51.4 Å². The molecule has 2 bridgehead atoms. The van der Waals surface area contributed by atoms with Crippen LogP contribution in [0.3, 0.4) is 0 Å². The highest BCUT2D eigenvalue weighted by Crippen LogP contribution is 2.65. The number of hydrogen-bond acceptors (Lipinski definition) is 7. The summed E-state index contributed by atoms with van der Waals surface area (Å²) in [5.74, 6) is 0.134. The largest absolute Gasteiger partial charge is 0.481 e. The Morgan fingerprint density at radius 3 is 2.46 bits per heavy atom. The van der Waals surface area contributed by atoms with Crippen LogP contribution in [-0.4, -0.2) is 60.2 Å². The minimum absolute atomic E-state index is 0.00391. The average molecular weight is 669 g/mol. The van der Waals surface area contributed by atoms with Crippen molar-refractivity contribution in [2.75, 3.05) is 6.54 Å². The smallest absolute Gasteiger partial charge is 0.404 e. The number of hydrazine groups is 1. The lowest BCUT2D eigenvalue weighted by Crippen LogP contribution is -2.65. The van der Waals surface area contributed by atoms with Crippen LogP contribution in [0.1, 0.15) is 111 Å². The van der Waals surface area contributed by atoms with E-state index >= 15 is 0 Å². The minimum Gasteiger partial charge on any atom is -0.404 e. The van der Waals surface area contributed by atoms with Crippen LogP contribution in [0.5, 0.6) is 0 Å². The summed E-state index contributed by atoms with van der Waals surface area (Å²) >= 11 is 0. The van der Waals surface area contributed by atoms with Crippen molar-refractivity contribution in [1.82, 2.24) is 16.1 Å². The fourth-order valence-corrected chi connectivity index (χ4v) is 8.05. The Kier molecular flexibility index (Phi) is 13.3. The fourth-order valence-electron chi connectivity index (χ4n) is 8.05. The van der Waals surface area contributed by atoms with E-state index < -0.39 is 23.8 Å². The predicted molar refractivity (Wildman–Crippen MR) is 187 cm³/mol. The quantitative estimate of drug-likeness (QED) is 0.0410. The topological polar surface area (TPSA) is 170 Å². The number of carbonyl (C=O) groups excluding carboxylic acids is 2. The number of nitrogens with zero attached hydrogens (tertiary/aromatic N) is 2. The lowest BCUT2D eigenvalue weighted by Gasteiger charge is -2.64. The molecule has 0 aromatic heterocycles. The average Bonchev–Trinajstić information content (AvgIpc) is 3.39. The molecule has 12 nitrogen and oxygen atoms in total. The first-order chi connectivity index (χ1) is 22.8. The van der Waals surface area contributed by atoms with E-state index in [1.54, 1.807) is 0 Å². The number of amides is 2. The molecule has 5 rings (SSSR count). The van der Waals surface area contributed by atoms with E-state index in [1.807, 2.05) is 11.5 Å². The van der Waals surface area contributed by atoms with Crippen molar-refractivity contribution in [2.45, 2.75) is 135 Å².